The van der Waals surface area contributed by atoms with E-state index in [1.165, 1.54) is 0 Å². The Morgan fingerprint density at radius 3 is 2.26 bits per heavy atom. The largest absolute Gasteiger partial charge is 0.494 e. The number of rotatable bonds is 5. The summed E-state index contributed by atoms with van der Waals surface area (Å²) in [6.07, 6.45) is -0.376. The fourth-order valence-electron chi connectivity index (χ4n) is 2.35. The Kier molecular flexibility index (Phi) is 6.52. The van der Waals surface area contributed by atoms with Crippen LogP contribution in [0.5, 0.6) is 5.75 Å². The summed E-state index contributed by atoms with van der Waals surface area (Å²) in [4.78, 5) is 27.5. The lowest BCUT2D eigenvalue weighted by atomic mass is 10.1. The van der Waals surface area contributed by atoms with Gasteiger partial charge >= 0.3 is 6.09 Å². The van der Waals surface area contributed by atoms with Crippen LogP contribution in [-0.4, -0.2) is 67.1 Å². The Labute approximate surface area is 140 Å². The molecule has 1 aliphatic rings. The van der Waals surface area contributed by atoms with Gasteiger partial charge in [0, 0.05) is 31.7 Å². The molecule has 0 aromatic heterocycles. The van der Waals surface area contributed by atoms with Crippen LogP contribution < -0.4 is 4.74 Å². The molecule has 7 heteroatoms. The average molecular weight is 341 g/mol. The summed E-state index contributed by atoms with van der Waals surface area (Å²) in [5.41, 5.74) is 0.617. The smallest absolute Gasteiger partial charge is 0.409 e. The van der Waals surface area contributed by atoms with Crippen LogP contribution in [0.4, 0.5) is 4.79 Å². The van der Waals surface area contributed by atoms with E-state index in [1.54, 1.807) is 34.1 Å². The van der Waals surface area contributed by atoms with Crippen LogP contribution in [0.25, 0.3) is 0 Å². The highest BCUT2D eigenvalue weighted by atomic mass is 35.5. The van der Waals surface area contributed by atoms with E-state index in [0.717, 1.165) is 5.75 Å². The molecule has 2 rings (SSSR count). The molecule has 23 heavy (non-hydrogen) atoms. The third-order valence-electron chi connectivity index (χ3n) is 3.54. The lowest BCUT2D eigenvalue weighted by molar-refractivity contribution is 0.0572. The van der Waals surface area contributed by atoms with Crippen LogP contribution in [0, 0.1) is 0 Å². The Bertz CT molecular complexity index is 527. The van der Waals surface area contributed by atoms with Crippen molar-refractivity contribution >= 4 is 23.6 Å². The second-order valence-corrected chi connectivity index (χ2v) is 5.42. The number of alkyl halides is 1. The number of benzene rings is 1. The zero-order chi connectivity index (χ0) is 16.7. The van der Waals surface area contributed by atoms with E-state index < -0.39 is 0 Å². The molecule has 0 saturated carbocycles. The number of amides is 2. The normalized spacial score (nSPS) is 14.5. The van der Waals surface area contributed by atoms with Crippen LogP contribution in [0.1, 0.15) is 17.3 Å². The third kappa shape index (κ3) is 4.76. The van der Waals surface area contributed by atoms with Crippen LogP contribution in [0.15, 0.2) is 24.3 Å². The maximum Gasteiger partial charge on any atom is 0.409 e. The first-order chi connectivity index (χ1) is 11.2. The summed E-state index contributed by atoms with van der Waals surface area (Å²) < 4.78 is 10.4. The average Bonchev–Trinajstić information content (AvgIpc) is 2.60. The van der Waals surface area contributed by atoms with Crippen LogP contribution >= 0.6 is 11.6 Å². The van der Waals surface area contributed by atoms with Crippen molar-refractivity contribution in [1.82, 2.24) is 9.80 Å². The molecular formula is C16H21ClN2O4. The summed E-state index contributed by atoms with van der Waals surface area (Å²) in [6.45, 7) is 4.61. The van der Waals surface area contributed by atoms with Crippen molar-refractivity contribution in [3.63, 3.8) is 0 Å². The van der Waals surface area contributed by atoms with Crippen molar-refractivity contribution in [1.29, 1.82) is 0 Å². The van der Waals surface area contributed by atoms with E-state index in [4.69, 9.17) is 21.1 Å². The minimum absolute atomic E-state index is 0.0400. The van der Waals surface area contributed by atoms with E-state index in [2.05, 4.69) is 0 Å². The molecule has 1 aliphatic heterocycles. The molecule has 1 heterocycles. The van der Waals surface area contributed by atoms with Crippen molar-refractivity contribution in [3.8, 4) is 5.75 Å². The van der Waals surface area contributed by atoms with Gasteiger partial charge in [0.1, 0.15) is 12.4 Å². The second kappa shape index (κ2) is 8.62. The predicted octanol–water partition coefficient (Wildman–Crippen LogP) is 2.22. The molecule has 0 atom stereocenters. The topological polar surface area (TPSA) is 59.1 Å². The number of nitrogens with zero attached hydrogens (tertiary/aromatic N) is 2. The van der Waals surface area contributed by atoms with Gasteiger partial charge in [0.05, 0.1) is 12.5 Å². The molecule has 0 bridgehead atoms. The SMILES string of the molecule is CCOc1ccc(C(=O)N2CCN(C(=O)OCCCl)CC2)cc1. The van der Waals surface area contributed by atoms with Crippen molar-refractivity contribution < 1.29 is 19.1 Å². The standard InChI is InChI=1S/C16H21ClN2O4/c1-2-22-14-5-3-13(4-6-14)15(20)18-8-10-19(11-9-18)16(21)23-12-7-17/h3-6H,2,7-12H2,1H3. The summed E-state index contributed by atoms with van der Waals surface area (Å²) in [6, 6.07) is 7.09. The molecule has 0 radical (unpaired) electrons. The molecule has 0 spiro atoms. The Hall–Kier alpha value is -1.95. The van der Waals surface area contributed by atoms with Gasteiger partial charge in [-0.05, 0) is 31.2 Å². The van der Waals surface area contributed by atoms with Crippen LogP contribution in [0.2, 0.25) is 0 Å². The zero-order valence-electron chi connectivity index (χ0n) is 13.2. The van der Waals surface area contributed by atoms with E-state index >= 15 is 0 Å². The highest BCUT2D eigenvalue weighted by Gasteiger charge is 2.25. The van der Waals surface area contributed by atoms with Crippen molar-refractivity contribution in [2.45, 2.75) is 6.92 Å². The molecule has 0 unspecified atom stereocenters. The van der Waals surface area contributed by atoms with Gasteiger partial charge in [-0.1, -0.05) is 0 Å². The molecule has 1 saturated heterocycles. The summed E-state index contributed by atoms with van der Waals surface area (Å²) >= 11 is 5.49. The molecule has 1 aromatic rings. The van der Waals surface area contributed by atoms with Gasteiger partial charge in [-0.15, -0.1) is 11.6 Å². The molecule has 1 aromatic carbocycles. The Balaban J connectivity index is 1.86. The number of carbonyl (C=O) groups is 2. The highest BCUT2D eigenvalue weighted by Crippen LogP contribution is 2.15. The number of carbonyl (C=O) groups excluding carboxylic acids is 2. The van der Waals surface area contributed by atoms with Crippen molar-refractivity contribution in [2.24, 2.45) is 0 Å². The Morgan fingerprint density at radius 1 is 1.09 bits per heavy atom. The monoisotopic (exact) mass is 340 g/mol. The molecule has 0 aliphatic carbocycles. The maximum absolute atomic E-state index is 12.5. The minimum Gasteiger partial charge on any atom is -0.494 e. The van der Waals surface area contributed by atoms with Gasteiger partial charge < -0.3 is 19.3 Å². The van der Waals surface area contributed by atoms with Gasteiger partial charge in [0.25, 0.3) is 5.91 Å². The summed E-state index contributed by atoms with van der Waals surface area (Å²) in [5, 5.41) is 0. The molecule has 126 valence electrons. The number of piperazine rings is 1. The van der Waals surface area contributed by atoms with E-state index in [9.17, 15) is 9.59 Å². The van der Waals surface area contributed by atoms with Crippen LogP contribution in [-0.2, 0) is 4.74 Å². The zero-order valence-corrected chi connectivity index (χ0v) is 13.9. The first kappa shape index (κ1) is 17.4. The van der Waals surface area contributed by atoms with E-state index in [0.29, 0.717) is 38.3 Å². The lowest BCUT2D eigenvalue weighted by Crippen LogP contribution is -2.50. The fraction of sp³-hybridized carbons (Fsp3) is 0.500. The molecule has 1 fully saturated rings. The number of hydrogen-bond donors (Lipinski definition) is 0. The van der Waals surface area contributed by atoms with Gasteiger partial charge in [0.2, 0.25) is 0 Å². The van der Waals surface area contributed by atoms with Crippen molar-refractivity contribution in [2.75, 3.05) is 45.3 Å². The molecular weight excluding hydrogens is 320 g/mol. The van der Waals surface area contributed by atoms with E-state index in [-0.39, 0.29) is 24.5 Å². The number of halogens is 1. The highest BCUT2D eigenvalue weighted by molar-refractivity contribution is 6.18. The first-order valence-corrected chi connectivity index (χ1v) is 8.19. The molecule has 6 nitrogen and oxygen atoms in total. The second-order valence-electron chi connectivity index (χ2n) is 5.04. The first-order valence-electron chi connectivity index (χ1n) is 7.65. The van der Waals surface area contributed by atoms with Gasteiger partial charge in [-0.3, -0.25) is 4.79 Å². The van der Waals surface area contributed by atoms with Gasteiger partial charge in [-0.2, -0.15) is 0 Å². The Morgan fingerprint density at radius 2 is 1.70 bits per heavy atom. The predicted molar refractivity (Wildman–Crippen MR) is 87.2 cm³/mol. The van der Waals surface area contributed by atoms with Crippen molar-refractivity contribution in [3.05, 3.63) is 29.8 Å². The lowest BCUT2D eigenvalue weighted by Gasteiger charge is -2.34. The van der Waals surface area contributed by atoms with Gasteiger partial charge in [0.15, 0.2) is 0 Å². The minimum atomic E-state index is -0.376. The number of ether oxygens (including phenoxy) is 2. The maximum atomic E-state index is 12.5. The quantitative estimate of drug-likeness (QED) is 0.771. The third-order valence-corrected chi connectivity index (χ3v) is 3.69. The fourth-order valence-corrected chi connectivity index (χ4v) is 2.43. The summed E-state index contributed by atoms with van der Waals surface area (Å²) in [5.74, 6) is 0.986. The van der Waals surface area contributed by atoms with E-state index in [1.807, 2.05) is 6.92 Å². The van der Waals surface area contributed by atoms with Gasteiger partial charge in [-0.25, -0.2) is 4.79 Å². The summed E-state index contributed by atoms with van der Waals surface area (Å²) in [7, 11) is 0. The molecule has 0 N–H and O–H groups in total. The molecule has 2 amide bonds. The number of hydrogen-bond acceptors (Lipinski definition) is 4. The van der Waals surface area contributed by atoms with Crippen LogP contribution in [0.3, 0.4) is 0 Å².